The van der Waals surface area contributed by atoms with Gasteiger partial charge in [-0.05, 0) is 23.7 Å². The summed E-state index contributed by atoms with van der Waals surface area (Å²) in [5.41, 5.74) is 0.977. The minimum atomic E-state index is -0.436. The van der Waals surface area contributed by atoms with E-state index in [1.165, 1.54) is 0 Å². The van der Waals surface area contributed by atoms with Crippen molar-refractivity contribution in [2.75, 3.05) is 13.2 Å². The average Bonchev–Trinajstić information content (AvgIpc) is 2.39. The van der Waals surface area contributed by atoms with Crippen molar-refractivity contribution in [1.82, 2.24) is 4.90 Å². The second-order valence-corrected chi connectivity index (χ2v) is 4.51. The van der Waals surface area contributed by atoms with Gasteiger partial charge in [0.25, 0.3) is 0 Å². The lowest BCUT2D eigenvalue weighted by Crippen LogP contribution is -2.27. The van der Waals surface area contributed by atoms with Crippen molar-refractivity contribution in [3.05, 3.63) is 28.2 Å². The summed E-state index contributed by atoms with van der Waals surface area (Å²) in [5.74, 6) is 0.810. The fraction of sp³-hybridized carbons (Fsp3) is 0.300. The predicted octanol–water partition coefficient (Wildman–Crippen LogP) is 3.00. The monoisotopic (exact) mass is 289 g/mol. The van der Waals surface area contributed by atoms with Crippen LogP contribution in [0.2, 0.25) is 0 Å². The number of benzene rings is 1. The van der Waals surface area contributed by atoms with Crippen molar-refractivity contribution < 1.29 is 9.53 Å². The first kappa shape index (κ1) is 10.8. The molecule has 0 N–H and O–H groups in total. The minimum absolute atomic E-state index is 0.436. The van der Waals surface area contributed by atoms with E-state index < -0.39 is 5.37 Å². The molecular formula is C10H9BrClNO2. The Morgan fingerprint density at radius 2 is 2.33 bits per heavy atom. The third-order valence-corrected chi connectivity index (χ3v) is 2.99. The lowest BCUT2D eigenvalue weighted by molar-refractivity contribution is 0.210. The normalized spacial score (nSPS) is 15.2. The molecule has 0 bridgehead atoms. The van der Waals surface area contributed by atoms with Gasteiger partial charge in [0.2, 0.25) is 0 Å². The molecule has 0 saturated heterocycles. The van der Waals surface area contributed by atoms with E-state index in [1.807, 2.05) is 18.2 Å². The van der Waals surface area contributed by atoms with Crippen LogP contribution in [0.25, 0.3) is 0 Å². The molecular weight excluding hydrogens is 281 g/mol. The molecule has 15 heavy (non-hydrogen) atoms. The molecule has 0 fully saturated rings. The number of nitrogens with zero attached hydrogens (tertiary/aromatic N) is 1. The Kier molecular flexibility index (Phi) is 3.17. The van der Waals surface area contributed by atoms with Crippen LogP contribution >= 0.6 is 27.5 Å². The summed E-state index contributed by atoms with van der Waals surface area (Å²) in [6, 6.07) is 5.75. The highest BCUT2D eigenvalue weighted by Crippen LogP contribution is 2.27. The lowest BCUT2D eigenvalue weighted by atomic mass is 10.2. The van der Waals surface area contributed by atoms with Gasteiger partial charge < -0.3 is 9.64 Å². The maximum Gasteiger partial charge on any atom is 0.316 e. The molecule has 0 atom stereocenters. The van der Waals surface area contributed by atoms with Gasteiger partial charge in [0.1, 0.15) is 12.4 Å². The molecule has 1 aliphatic heterocycles. The molecule has 1 aromatic rings. The highest BCUT2D eigenvalue weighted by atomic mass is 79.9. The van der Waals surface area contributed by atoms with E-state index in [0.717, 1.165) is 15.8 Å². The standard InChI is InChI=1S/C10H9BrClNO2/c11-8-2-1-7-6-13(10(12)14)3-4-15-9(7)5-8/h1-2,5H,3-4,6H2. The highest BCUT2D eigenvalue weighted by Gasteiger charge is 2.18. The lowest BCUT2D eigenvalue weighted by Gasteiger charge is -2.15. The number of halogens is 2. The quantitative estimate of drug-likeness (QED) is 0.543. The van der Waals surface area contributed by atoms with E-state index in [-0.39, 0.29) is 0 Å². The summed E-state index contributed by atoms with van der Waals surface area (Å²) in [7, 11) is 0. The van der Waals surface area contributed by atoms with Gasteiger partial charge in [0.15, 0.2) is 0 Å². The van der Waals surface area contributed by atoms with Crippen molar-refractivity contribution in [2.45, 2.75) is 6.54 Å². The van der Waals surface area contributed by atoms with Crippen molar-refractivity contribution in [3.8, 4) is 5.75 Å². The Morgan fingerprint density at radius 3 is 3.07 bits per heavy atom. The smallest absolute Gasteiger partial charge is 0.316 e. The maximum absolute atomic E-state index is 11.1. The molecule has 0 unspecified atom stereocenters. The van der Waals surface area contributed by atoms with E-state index >= 15 is 0 Å². The van der Waals surface area contributed by atoms with Gasteiger partial charge in [-0.2, -0.15) is 0 Å². The third kappa shape index (κ3) is 2.44. The van der Waals surface area contributed by atoms with Gasteiger partial charge in [-0.1, -0.05) is 22.0 Å². The molecule has 1 heterocycles. The van der Waals surface area contributed by atoms with E-state index in [9.17, 15) is 4.79 Å². The van der Waals surface area contributed by atoms with E-state index in [1.54, 1.807) is 4.90 Å². The number of carbonyl (C=O) groups excluding carboxylic acids is 1. The third-order valence-electron chi connectivity index (χ3n) is 2.26. The number of fused-ring (bicyclic) bond motifs is 1. The van der Waals surface area contributed by atoms with Gasteiger partial charge in [-0.3, -0.25) is 4.79 Å². The number of ether oxygens (including phenoxy) is 1. The summed E-state index contributed by atoms with van der Waals surface area (Å²) in [5, 5.41) is -0.436. The number of rotatable bonds is 0. The molecule has 0 aliphatic carbocycles. The van der Waals surface area contributed by atoms with Crippen LogP contribution in [0.3, 0.4) is 0 Å². The molecule has 5 heteroatoms. The zero-order valence-corrected chi connectivity index (χ0v) is 10.2. The fourth-order valence-electron chi connectivity index (χ4n) is 1.49. The van der Waals surface area contributed by atoms with E-state index in [4.69, 9.17) is 16.3 Å². The number of carbonyl (C=O) groups is 1. The van der Waals surface area contributed by atoms with Gasteiger partial charge in [0.05, 0.1) is 13.1 Å². The first-order valence-corrected chi connectivity index (χ1v) is 5.69. The molecule has 2 rings (SSSR count). The van der Waals surface area contributed by atoms with Gasteiger partial charge in [-0.15, -0.1) is 0 Å². The summed E-state index contributed by atoms with van der Waals surface area (Å²) >= 11 is 8.82. The van der Waals surface area contributed by atoms with Crippen molar-refractivity contribution >= 4 is 32.9 Å². The largest absolute Gasteiger partial charge is 0.491 e. The van der Waals surface area contributed by atoms with Crippen LogP contribution in [-0.4, -0.2) is 23.4 Å². The number of hydrogen-bond donors (Lipinski definition) is 0. The second kappa shape index (κ2) is 4.41. The topological polar surface area (TPSA) is 29.5 Å². The minimum Gasteiger partial charge on any atom is -0.491 e. The average molecular weight is 291 g/mol. The Morgan fingerprint density at radius 1 is 1.53 bits per heavy atom. The molecule has 1 aromatic carbocycles. The molecule has 0 aromatic heterocycles. The molecule has 1 amide bonds. The maximum atomic E-state index is 11.1. The Bertz CT molecular complexity index is 397. The number of amides is 1. The van der Waals surface area contributed by atoms with Crippen LogP contribution in [0.5, 0.6) is 5.75 Å². The Hall–Kier alpha value is -0.740. The van der Waals surface area contributed by atoms with Gasteiger partial charge >= 0.3 is 5.37 Å². The summed E-state index contributed by atoms with van der Waals surface area (Å²) in [4.78, 5) is 12.6. The van der Waals surface area contributed by atoms with Gasteiger partial charge in [0, 0.05) is 10.0 Å². The summed E-state index contributed by atoms with van der Waals surface area (Å²) in [6.45, 7) is 1.50. The molecule has 0 saturated carbocycles. The fourth-order valence-corrected chi connectivity index (χ4v) is 1.98. The molecule has 0 spiro atoms. The van der Waals surface area contributed by atoms with Crippen molar-refractivity contribution in [2.24, 2.45) is 0 Å². The second-order valence-electron chi connectivity index (χ2n) is 3.28. The Balaban J connectivity index is 2.29. The highest BCUT2D eigenvalue weighted by molar-refractivity contribution is 9.10. The predicted molar refractivity (Wildman–Crippen MR) is 61.3 cm³/mol. The van der Waals surface area contributed by atoms with E-state index in [0.29, 0.717) is 19.7 Å². The number of hydrogen-bond acceptors (Lipinski definition) is 2. The molecule has 80 valence electrons. The van der Waals surface area contributed by atoms with E-state index in [2.05, 4.69) is 15.9 Å². The molecule has 0 radical (unpaired) electrons. The first-order chi connectivity index (χ1) is 7.16. The van der Waals surface area contributed by atoms with Crippen LogP contribution < -0.4 is 4.74 Å². The summed E-state index contributed by atoms with van der Waals surface area (Å²) < 4.78 is 6.49. The zero-order chi connectivity index (χ0) is 10.8. The molecule has 3 nitrogen and oxygen atoms in total. The first-order valence-electron chi connectivity index (χ1n) is 4.52. The van der Waals surface area contributed by atoms with Crippen LogP contribution in [0.15, 0.2) is 22.7 Å². The SMILES string of the molecule is O=C(Cl)N1CCOc2cc(Br)ccc2C1. The van der Waals surface area contributed by atoms with Crippen LogP contribution in [-0.2, 0) is 6.54 Å². The van der Waals surface area contributed by atoms with Crippen LogP contribution in [0, 0.1) is 0 Å². The van der Waals surface area contributed by atoms with Crippen LogP contribution in [0.1, 0.15) is 5.56 Å². The van der Waals surface area contributed by atoms with Crippen LogP contribution in [0.4, 0.5) is 4.79 Å². The summed E-state index contributed by atoms with van der Waals surface area (Å²) in [6.07, 6.45) is 0. The van der Waals surface area contributed by atoms with Crippen molar-refractivity contribution in [3.63, 3.8) is 0 Å². The zero-order valence-electron chi connectivity index (χ0n) is 7.87. The van der Waals surface area contributed by atoms with Gasteiger partial charge in [-0.25, -0.2) is 0 Å². The Labute approximate surface area is 101 Å². The molecule has 1 aliphatic rings. The van der Waals surface area contributed by atoms with Crippen molar-refractivity contribution in [1.29, 1.82) is 0 Å².